The molecule has 1 fully saturated rings. The molecule has 0 bridgehead atoms. The first-order chi connectivity index (χ1) is 19.5. The van der Waals surface area contributed by atoms with Crippen LogP contribution in [0.4, 0.5) is 0 Å². The van der Waals surface area contributed by atoms with Crippen LogP contribution in [0.5, 0.6) is 5.75 Å². The van der Waals surface area contributed by atoms with Gasteiger partial charge in [0, 0.05) is 32.7 Å². The molecule has 0 radical (unpaired) electrons. The quantitative estimate of drug-likeness (QED) is 0.290. The standard InChI is InChI=1S/C32H36N6O2.H2O/c1-23-21-28-27(22-29(23)40-3)31(39)37(32-34-33-24(2)38(28)32)16-10-15-35-17-19-36(20-18-35)30(25-11-6-4-7-12-25)26-13-8-5-9-14-26;/h4-9,11-14,21-22,30H,10,15-20H2,1-3H3;1H2. The van der Waals surface area contributed by atoms with E-state index in [9.17, 15) is 4.79 Å². The van der Waals surface area contributed by atoms with Crippen molar-refractivity contribution in [1.82, 2.24) is 29.0 Å². The van der Waals surface area contributed by atoms with E-state index in [-0.39, 0.29) is 17.1 Å². The van der Waals surface area contributed by atoms with Crippen LogP contribution in [0.3, 0.4) is 0 Å². The normalized spacial score (nSPS) is 14.5. The van der Waals surface area contributed by atoms with Crippen molar-refractivity contribution in [3.63, 3.8) is 0 Å². The summed E-state index contributed by atoms with van der Waals surface area (Å²) in [6.07, 6.45) is 0.858. The van der Waals surface area contributed by atoms with Gasteiger partial charge in [0.25, 0.3) is 5.56 Å². The summed E-state index contributed by atoms with van der Waals surface area (Å²) in [5.41, 5.74) is 4.41. The SMILES string of the molecule is COc1cc2c(=O)n(CCCN3CCN(C(c4ccccc4)c4ccccc4)CC3)c3nnc(C)n3c2cc1C.O. The molecule has 2 N–H and O–H groups in total. The molecule has 0 saturated carbocycles. The molecule has 0 aliphatic carbocycles. The number of aryl methyl sites for hydroxylation is 3. The zero-order valence-electron chi connectivity index (χ0n) is 24.0. The smallest absolute Gasteiger partial charge is 0.262 e. The third kappa shape index (κ3) is 5.48. The fourth-order valence-corrected chi connectivity index (χ4v) is 6.08. The Morgan fingerprint density at radius 1 is 0.854 bits per heavy atom. The summed E-state index contributed by atoms with van der Waals surface area (Å²) in [7, 11) is 1.64. The van der Waals surface area contributed by atoms with Crippen molar-refractivity contribution in [3.8, 4) is 5.75 Å². The highest BCUT2D eigenvalue weighted by Gasteiger charge is 2.26. The molecule has 1 saturated heterocycles. The van der Waals surface area contributed by atoms with Gasteiger partial charge in [-0.15, -0.1) is 10.2 Å². The molecule has 6 rings (SSSR count). The Morgan fingerprint density at radius 3 is 2.10 bits per heavy atom. The van der Waals surface area contributed by atoms with Crippen LogP contribution in [-0.4, -0.2) is 74.3 Å². The van der Waals surface area contributed by atoms with E-state index in [0.29, 0.717) is 23.5 Å². The first-order valence-corrected chi connectivity index (χ1v) is 14.0. The Bertz CT molecular complexity index is 1640. The molecule has 1 aliphatic heterocycles. The third-order valence-corrected chi connectivity index (χ3v) is 8.14. The van der Waals surface area contributed by atoms with Gasteiger partial charge in [-0.05, 0) is 55.6 Å². The van der Waals surface area contributed by atoms with E-state index in [2.05, 4.69) is 80.7 Å². The van der Waals surface area contributed by atoms with Gasteiger partial charge in [0.2, 0.25) is 5.78 Å². The van der Waals surface area contributed by atoms with Crippen LogP contribution in [0.2, 0.25) is 0 Å². The van der Waals surface area contributed by atoms with E-state index in [4.69, 9.17) is 4.74 Å². The second-order valence-electron chi connectivity index (χ2n) is 10.6. The van der Waals surface area contributed by atoms with Gasteiger partial charge in [0.1, 0.15) is 11.6 Å². The molecule has 9 nitrogen and oxygen atoms in total. The number of hydrogen-bond donors (Lipinski definition) is 0. The zero-order chi connectivity index (χ0) is 27.6. The van der Waals surface area contributed by atoms with Crippen molar-refractivity contribution < 1.29 is 10.2 Å². The average Bonchev–Trinajstić information content (AvgIpc) is 3.37. The first-order valence-electron chi connectivity index (χ1n) is 14.0. The summed E-state index contributed by atoms with van der Waals surface area (Å²) in [5.74, 6) is 2.07. The van der Waals surface area contributed by atoms with Crippen molar-refractivity contribution in [1.29, 1.82) is 0 Å². The van der Waals surface area contributed by atoms with Crippen LogP contribution in [0.15, 0.2) is 77.6 Å². The Morgan fingerprint density at radius 2 is 1.49 bits per heavy atom. The highest BCUT2D eigenvalue weighted by atomic mass is 16.5. The van der Waals surface area contributed by atoms with Crippen molar-refractivity contribution in [3.05, 3.63) is 106 Å². The lowest BCUT2D eigenvalue weighted by Gasteiger charge is -2.39. The molecule has 3 aromatic carbocycles. The minimum Gasteiger partial charge on any atom is -0.496 e. The second kappa shape index (κ2) is 12.2. The minimum atomic E-state index is -0.0495. The molecular weight excluding hydrogens is 516 g/mol. The van der Waals surface area contributed by atoms with Gasteiger partial charge in [-0.25, -0.2) is 0 Å². The molecule has 0 spiro atoms. The van der Waals surface area contributed by atoms with E-state index in [1.54, 1.807) is 11.7 Å². The van der Waals surface area contributed by atoms with E-state index in [1.165, 1.54) is 11.1 Å². The molecule has 0 unspecified atom stereocenters. The van der Waals surface area contributed by atoms with Gasteiger partial charge in [-0.2, -0.15) is 0 Å². The number of rotatable bonds is 8. The summed E-state index contributed by atoms with van der Waals surface area (Å²) in [5, 5.41) is 9.30. The van der Waals surface area contributed by atoms with Crippen LogP contribution in [0, 0.1) is 13.8 Å². The maximum Gasteiger partial charge on any atom is 0.262 e. The first kappa shape index (κ1) is 28.5. The largest absolute Gasteiger partial charge is 0.496 e. The fraction of sp³-hybridized carbons (Fsp3) is 0.344. The van der Waals surface area contributed by atoms with E-state index in [0.717, 1.165) is 56.0 Å². The highest BCUT2D eigenvalue weighted by Crippen LogP contribution is 2.29. The number of methoxy groups -OCH3 is 1. The molecule has 0 atom stereocenters. The molecule has 0 amide bonds. The van der Waals surface area contributed by atoms with Crippen LogP contribution in [0.25, 0.3) is 16.7 Å². The Kier molecular flexibility index (Phi) is 8.49. The summed E-state index contributed by atoms with van der Waals surface area (Å²) >= 11 is 0. The van der Waals surface area contributed by atoms with Gasteiger partial charge in [-0.3, -0.25) is 18.7 Å². The van der Waals surface area contributed by atoms with Crippen molar-refractivity contribution in [2.24, 2.45) is 0 Å². The van der Waals surface area contributed by atoms with Gasteiger partial charge < -0.3 is 15.1 Å². The number of ether oxygens (including phenoxy) is 1. The summed E-state index contributed by atoms with van der Waals surface area (Å²) < 4.78 is 9.27. The summed E-state index contributed by atoms with van der Waals surface area (Å²) in [6.45, 7) is 9.41. The van der Waals surface area contributed by atoms with Crippen LogP contribution < -0.4 is 10.3 Å². The van der Waals surface area contributed by atoms with Crippen molar-refractivity contribution >= 4 is 16.7 Å². The molecule has 41 heavy (non-hydrogen) atoms. The van der Waals surface area contributed by atoms with Gasteiger partial charge >= 0.3 is 0 Å². The zero-order valence-corrected chi connectivity index (χ0v) is 24.0. The predicted molar refractivity (Wildman–Crippen MR) is 162 cm³/mol. The van der Waals surface area contributed by atoms with E-state index in [1.807, 2.05) is 30.4 Å². The number of aromatic nitrogens is 4. The number of piperazine rings is 1. The Labute approximate surface area is 239 Å². The molecule has 1 aliphatic rings. The monoisotopic (exact) mass is 554 g/mol. The number of benzene rings is 3. The van der Waals surface area contributed by atoms with Crippen molar-refractivity contribution in [2.45, 2.75) is 32.9 Å². The van der Waals surface area contributed by atoms with Crippen LogP contribution >= 0.6 is 0 Å². The number of nitrogens with zero attached hydrogens (tertiary/aromatic N) is 6. The van der Waals surface area contributed by atoms with Crippen LogP contribution in [-0.2, 0) is 6.54 Å². The topological polar surface area (TPSA) is 99.4 Å². The number of fused-ring (bicyclic) bond motifs is 3. The summed E-state index contributed by atoms with van der Waals surface area (Å²) in [6, 6.07) is 25.7. The highest BCUT2D eigenvalue weighted by molar-refractivity contribution is 5.83. The molecular formula is C32H38N6O3. The van der Waals surface area contributed by atoms with Gasteiger partial charge in [-0.1, -0.05) is 60.7 Å². The Hall–Kier alpha value is -4.05. The average molecular weight is 555 g/mol. The van der Waals surface area contributed by atoms with E-state index < -0.39 is 0 Å². The molecule has 2 aromatic heterocycles. The maximum atomic E-state index is 13.6. The second-order valence-corrected chi connectivity index (χ2v) is 10.6. The fourth-order valence-electron chi connectivity index (χ4n) is 6.08. The maximum absolute atomic E-state index is 13.6. The predicted octanol–water partition coefficient (Wildman–Crippen LogP) is 3.64. The minimum absolute atomic E-state index is 0. The molecule has 214 valence electrons. The molecule has 9 heteroatoms. The van der Waals surface area contributed by atoms with Crippen molar-refractivity contribution in [2.75, 3.05) is 39.8 Å². The third-order valence-electron chi connectivity index (χ3n) is 8.14. The lowest BCUT2D eigenvalue weighted by atomic mass is 9.96. The van der Waals surface area contributed by atoms with E-state index >= 15 is 0 Å². The Balaban J connectivity index is 0.00000337. The molecule has 5 aromatic rings. The van der Waals surface area contributed by atoms with Gasteiger partial charge in [0.05, 0.1) is 24.1 Å². The lowest BCUT2D eigenvalue weighted by molar-refractivity contribution is 0.108. The van der Waals surface area contributed by atoms with Gasteiger partial charge in [0.15, 0.2) is 0 Å². The lowest BCUT2D eigenvalue weighted by Crippen LogP contribution is -2.48. The summed E-state index contributed by atoms with van der Waals surface area (Å²) in [4.78, 5) is 18.7. The molecule has 3 heterocycles. The number of hydrogen-bond acceptors (Lipinski definition) is 6. The van der Waals surface area contributed by atoms with Crippen LogP contribution in [0.1, 0.15) is 35.0 Å².